The topological polar surface area (TPSA) is 66.8 Å². The minimum atomic E-state index is -0.659. The van der Waals surface area contributed by atoms with Crippen molar-refractivity contribution in [3.05, 3.63) is 30.3 Å². The number of nitrogens with zero attached hydrogens (tertiary/aromatic N) is 1. The van der Waals surface area contributed by atoms with Crippen molar-refractivity contribution < 1.29 is 19.4 Å². The van der Waals surface area contributed by atoms with Gasteiger partial charge in [-0.3, -0.25) is 9.59 Å². The van der Waals surface area contributed by atoms with E-state index in [-0.39, 0.29) is 23.8 Å². The third-order valence-electron chi connectivity index (χ3n) is 4.83. The van der Waals surface area contributed by atoms with Gasteiger partial charge in [0.15, 0.2) is 0 Å². The number of rotatable bonds is 1. The molecular formula is C15H15NO4. The van der Waals surface area contributed by atoms with Crippen molar-refractivity contribution in [3.8, 4) is 0 Å². The maximum absolute atomic E-state index is 12.6. The Morgan fingerprint density at radius 1 is 1.05 bits per heavy atom. The predicted octanol–water partition coefficient (Wildman–Crippen LogP) is 0.570. The van der Waals surface area contributed by atoms with E-state index < -0.39 is 24.0 Å². The second-order valence-electron chi connectivity index (χ2n) is 5.81. The number of carbonyl (C=O) groups is 2. The van der Waals surface area contributed by atoms with Crippen molar-refractivity contribution in [1.82, 2.24) is 0 Å². The maximum atomic E-state index is 12.6. The van der Waals surface area contributed by atoms with Crippen LogP contribution in [0.5, 0.6) is 0 Å². The summed E-state index contributed by atoms with van der Waals surface area (Å²) < 4.78 is 5.67. The lowest BCUT2D eigenvalue weighted by Gasteiger charge is -2.26. The SMILES string of the molecule is CC1C(O)C2OC1C1C(=O)N(c3ccccc3)C(=O)C21. The molecule has 0 radical (unpaired) electrons. The lowest BCUT2D eigenvalue weighted by atomic mass is 9.74. The normalized spacial score (nSPS) is 42.4. The number of hydrogen-bond donors (Lipinski definition) is 1. The Morgan fingerprint density at radius 3 is 2.30 bits per heavy atom. The van der Waals surface area contributed by atoms with E-state index in [4.69, 9.17) is 4.74 Å². The Morgan fingerprint density at radius 2 is 1.65 bits per heavy atom. The number of ether oxygens (including phenoxy) is 1. The van der Waals surface area contributed by atoms with Gasteiger partial charge < -0.3 is 9.84 Å². The fourth-order valence-electron chi connectivity index (χ4n) is 3.82. The molecule has 3 aliphatic heterocycles. The van der Waals surface area contributed by atoms with Crippen LogP contribution in [0, 0.1) is 17.8 Å². The molecule has 3 saturated heterocycles. The number of hydrogen-bond acceptors (Lipinski definition) is 4. The van der Waals surface area contributed by atoms with Crippen LogP contribution in [0.25, 0.3) is 0 Å². The number of imide groups is 1. The largest absolute Gasteiger partial charge is 0.390 e. The van der Waals surface area contributed by atoms with Gasteiger partial charge in [0.25, 0.3) is 0 Å². The summed E-state index contributed by atoms with van der Waals surface area (Å²) >= 11 is 0. The molecule has 5 heteroatoms. The van der Waals surface area contributed by atoms with Crippen molar-refractivity contribution in [3.63, 3.8) is 0 Å². The molecule has 104 valence electrons. The highest BCUT2D eigenvalue weighted by atomic mass is 16.5. The lowest BCUT2D eigenvalue weighted by molar-refractivity contribution is -0.125. The van der Waals surface area contributed by atoms with Gasteiger partial charge in [-0.05, 0) is 12.1 Å². The van der Waals surface area contributed by atoms with E-state index in [1.165, 1.54) is 4.90 Å². The predicted molar refractivity (Wildman–Crippen MR) is 69.7 cm³/mol. The van der Waals surface area contributed by atoms with Crippen molar-refractivity contribution in [2.45, 2.75) is 25.2 Å². The van der Waals surface area contributed by atoms with E-state index in [0.29, 0.717) is 5.69 Å². The van der Waals surface area contributed by atoms with E-state index in [1.807, 2.05) is 13.0 Å². The first kappa shape index (κ1) is 12.1. The molecule has 20 heavy (non-hydrogen) atoms. The molecule has 5 nitrogen and oxygen atoms in total. The molecule has 2 bridgehead atoms. The lowest BCUT2D eigenvalue weighted by Crippen LogP contribution is -2.43. The van der Waals surface area contributed by atoms with Gasteiger partial charge in [0.05, 0.1) is 35.8 Å². The molecular weight excluding hydrogens is 258 g/mol. The summed E-state index contributed by atoms with van der Waals surface area (Å²) in [5, 5.41) is 10.1. The monoisotopic (exact) mass is 273 g/mol. The van der Waals surface area contributed by atoms with Crippen LogP contribution in [-0.2, 0) is 14.3 Å². The van der Waals surface area contributed by atoms with Crippen LogP contribution in [0.15, 0.2) is 30.3 Å². The van der Waals surface area contributed by atoms with Crippen LogP contribution >= 0.6 is 0 Å². The molecule has 1 N–H and O–H groups in total. The number of benzene rings is 1. The number of para-hydroxylation sites is 1. The summed E-state index contributed by atoms with van der Waals surface area (Å²) in [4.78, 5) is 26.4. The molecule has 3 fully saturated rings. The summed E-state index contributed by atoms with van der Waals surface area (Å²) in [6.45, 7) is 1.87. The zero-order valence-corrected chi connectivity index (χ0v) is 11.0. The van der Waals surface area contributed by atoms with Crippen LogP contribution in [0.4, 0.5) is 5.69 Å². The van der Waals surface area contributed by atoms with Gasteiger partial charge >= 0.3 is 0 Å². The highest BCUT2D eigenvalue weighted by Gasteiger charge is 2.67. The maximum Gasteiger partial charge on any atom is 0.240 e. The Balaban J connectivity index is 1.75. The van der Waals surface area contributed by atoms with Crippen molar-refractivity contribution in [1.29, 1.82) is 0 Å². The zero-order valence-electron chi connectivity index (χ0n) is 11.0. The quantitative estimate of drug-likeness (QED) is 0.760. The molecule has 6 atom stereocenters. The minimum Gasteiger partial charge on any atom is -0.390 e. The van der Waals surface area contributed by atoms with Crippen molar-refractivity contribution in [2.75, 3.05) is 4.90 Å². The van der Waals surface area contributed by atoms with E-state index in [9.17, 15) is 14.7 Å². The van der Waals surface area contributed by atoms with Gasteiger partial charge in [-0.25, -0.2) is 4.90 Å². The van der Waals surface area contributed by atoms with Crippen LogP contribution in [0.3, 0.4) is 0 Å². The Hall–Kier alpha value is -1.72. The molecule has 0 aromatic heterocycles. The van der Waals surface area contributed by atoms with Gasteiger partial charge in [0.1, 0.15) is 0 Å². The molecule has 0 aliphatic carbocycles. The molecule has 1 aromatic carbocycles. The fraction of sp³-hybridized carbons (Fsp3) is 0.467. The van der Waals surface area contributed by atoms with E-state index >= 15 is 0 Å². The molecule has 4 rings (SSSR count). The number of aliphatic hydroxyl groups excluding tert-OH is 1. The zero-order chi connectivity index (χ0) is 14.0. The Bertz CT molecular complexity index is 555. The number of carbonyl (C=O) groups excluding carboxylic acids is 2. The molecule has 6 unspecified atom stereocenters. The van der Waals surface area contributed by atoms with E-state index in [0.717, 1.165) is 0 Å². The van der Waals surface area contributed by atoms with Gasteiger partial charge in [-0.15, -0.1) is 0 Å². The van der Waals surface area contributed by atoms with Crippen molar-refractivity contribution >= 4 is 17.5 Å². The first-order valence-electron chi connectivity index (χ1n) is 6.87. The molecule has 2 amide bonds. The minimum absolute atomic E-state index is 0.103. The summed E-state index contributed by atoms with van der Waals surface area (Å²) in [6, 6.07) is 8.94. The summed E-state index contributed by atoms with van der Waals surface area (Å²) in [6.07, 6.45) is -1.54. The number of fused-ring (bicyclic) bond motifs is 5. The van der Waals surface area contributed by atoms with Crippen LogP contribution in [0.2, 0.25) is 0 Å². The third kappa shape index (κ3) is 1.29. The van der Waals surface area contributed by atoms with Crippen LogP contribution in [0.1, 0.15) is 6.92 Å². The molecule has 3 aliphatic rings. The average molecular weight is 273 g/mol. The van der Waals surface area contributed by atoms with Gasteiger partial charge in [0.2, 0.25) is 11.8 Å². The number of anilines is 1. The summed E-state index contributed by atoms with van der Waals surface area (Å²) in [7, 11) is 0. The van der Waals surface area contributed by atoms with Crippen molar-refractivity contribution in [2.24, 2.45) is 17.8 Å². The second kappa shape index (κ2) is 3.90. The summed E-state index contributed by atoms with van der Waals surface area (Å²) in [5.41, 5.74) is 0.596. The van der Waals surface area contributed by atoms with E-state index in [1.54, 1.807) is 24.3 Å². The highest BCUT2D eigenvalue weighted by molar-refractivity contribution is 6.22. The van der Waals surface area contributed by atoms with Crippen LogP contribution < -0.4 is 4.90 Å². The average Bonchev–Trinajstić information content (AvgIpc) is 3.05. The molecule has 0 saturated carbocycles. The first-order valence-corrected chi connectivity index (χ1v) is 6.87. The number of aliphatic hydroxyl groups is 1. The summed E-state index contributed by atoms with van der Waals surface area (Å²) in [5.74, 6) is -1.51. The molecule has 1 aromatic rings. The smallest absolute Gasteiger partial charge is 0.240 e. The Kier molecular flexibility index (Phi) is 2.35. The first-order chi connectivity index (χ1) is 9.61. The van der Waals surface area contributed by atoms with Gasteiger partial charge in [-0.1, -0.05) is 25.1 Å². The standard InChI is InChI=1S/C15H15NO4/c1-7-11(17)13-10-9(12(7)20-13)14(18)16(15(10)19)8-5-3-2-4-6-8/h2-7,9-13,17H,1H3. The van der Waals surface area contributed by atoms with Gasteiger partial charge in [0, 0.05) is 5.92 Å². The van der Waals surface area contributed by atoms with Crippen LogP contribution in [-0.4, -0.2) is 35.2 Å². The third-order valence-corrected chi connectivity index (χ3v) is 4.83. The highest BCUT2D eigenvalue weighted by Crippen LogP contribution is 2.51. The Labute approximate surface area is 116 Å². The fourth-order valence-corrected chi connectivity index (χ4v) is 3.82. The van der Waals surface area contributed by atoms with E-state index in [2.05, 4.69) is 0 Å². The van der Waals surface area contributed by atoms with Gasteiger partial charge in [-0.2, -0.15) is 0 Å². The molecule has 0 spiro atoms. The molecule has 3 heterocycles. The second-order valence-corrected chi connectivity index (χ2v) is 5.81. The number of amides is 2.